The highest BCUT2D eigenvalue weighted by Crippen LogP contribution is 2.26. The Labute approximate surface area is 194 Å². The molecule has 1 heterocycles. The van der Waals surface area contributed by atoms with Crippen LogP contribution >= 0.6 is 0 Å². The molecule has 1 atom stereocenters. The maximum atomic E-state index is 13.0. The van der Waals surface area contributed by atoms with Crippen LogP contribution in [0.25, 0.3) is 0 Å². The lowest BCUT2D eigenvalue weighted by atomic mass is 9.93. The molecule has 1 aliphatic heterocycles. The molecule has 1 saturated heterocycles. The zero-order valence-electron chi connectivity index (χ0n) is 19.7. The van der Waals surface area contributed by atoms with Crippen molar-refractivity contribution in [1.82, 2.24) is 10.2 Å². The Morgan fingerprint density at radius 2 is 1.61 bits per heavy atom. The van der Waals surface area contributed by atoms with Gasteiger partial charge in [0.15, 0.2) is 5.60 Å². The number of ether oxygens (including phenoxy) is 1. The van der Waals surface area contributed by atoms with Gasteiger partial charge in [-0.15, -0.1) is 0 Å². The van der Waals surface area contributed by atoms with Gasteiger partial charge in [-0.05, 0) is 75.3 Å². The summed E-state index contributed by atoms with van der Waals surface area (Å²) in [5.74, 6) is -0.749. The van der Waals surface area contributed by atoms with Crippen LogP contribution in [0.5, 0.6) is 5.75 Å². The molecule has 7 nitrogen and oxygen atoms in total. The fraction of sp³-hybridized carbons (Fsp3) is 0.423. The van der Waals surface area contributed by atoms with Crippen LogP contribution in [0.2, 0.25) is 0 Å². The van der Waals surface area contributed by atoms with Gasteiger partial charge in [0.2, 0.25) is 0 Å². The van der Waals surface area contributed by atoms with Crippen molar-refractivity contribution >= 4 is 17.9 Å². The summed E-state index contributed by atoms with van der Waals surface area (Å²) in [6, 6.07) is 14.9. The smallest absolute Gasteiger partial charge is 0.347 e. The predicted molar refractivity (Wildman–Crippen MR) is 125 cm³/mol. The summed E-state index contributed by atoms with van der Waals surface area (Å²) >= 11 is 0. The Morgan fingerprint density at radius 1 is 1.03 bits per heavy atom. The van der Waals surface area contributed by atoms with E-state index >= 15 is 0 Å². The van der Waals surface area contributed by atoms with E-state index in [-0.39, 0.29) is 18.5 Å². The maximum Gasteiger partial charge on any atom is 0.347 e. The zero-order valence-corrected chi connectivity index (χ0v) is 19.7. The van der Waals surface area contributed by atoms with Gasteiger partial charge >= 0.3 is 12.0 Å². The molecule has 0 radical (unpaired) electrons. The van der Waals surface area contributed by atoms with Gasteiger partial charge in [-0.3, -0.25) is 9.69 Å². The molecule has 33 heavy (non-hydrogen) atoms. The van der Waals surface area contributed by atoms with E-state index < -0.39 is 17.1 Å². The third-order valence-electron chi connectivity index (χ3n) is 6.07. The number of carboxylic acid groups (broad SMARTS) is 1. The molecule has 1 aliphatic rings. The third-order valence-corrected chi connectivity index (χ3v) is 6.07. The number of aliphatic carboxylic acids is 1. The largest absolute Gasteiger partial charge is 0.478 e. The quantitative estimate of drug-likeness (QED) is 0.523. The molecule has 7 heteroatoms. The van der Waals surface area contributed by atoms with E-state index in [1.54, 1.807) is 19.1 Å². The van der Waals surface area contributed by atoms with Gasteiger partial charge in [-0.2, -0.15) is 0 Å². The van der Waals surface area contributed by atoms with Gasteiger partial charge in [-0.1, -0.05) is 43.3 Å². The molecule has 176 valence electrons. The summed E-state index contributed by atoms with van der Waals surface area (Å²) in [7, 11) is 0. The van der Waals surface area contributed by atoms with Gasteiger partial charge in [-0.25, -0.2) is 9.59 Å². The van der Waals surface area contributed by atoms with E-state index in [1.807, 2.05) is 36.4 Å². The average Bonchev–Trinajstić information content (AvgIpc) is 2.98. The van der Waals surface area contributed by atoms with E-state index in [4.69, 9.17) is 4.74 Å². The summed E-state index contributed by atoms with van der Waals surface area (Å²) < 4.78 is 5.52. The van der Waals surface area contributed by atoms with Gasteiger partial charge in [0.05, 0.1) is 6.54 Å². The summed E-state index contributed by atoms with van der Waals surface area (Å²) in [5.41, 5.74) is 0.957. The second-order valence-corrected chi connectivity index (χ2v) is 9.24. The SMILES string of the molecule is CCc1ccc(CN2C(=O)NC(C)(CCCc3ccc(OC(C)(C)C(=O)O)cc3)C2=O)cc1. The molecule has 0 aliphatic carbocycles. The summed E-state index contributed by atoms with van der Waals surface area (Å²) in [6.45, 7) is 7.12. The van der Waals surface area contributed by atoms with Crippen LogP contribution in [0.3, 0.4) is 0 Å². The Balaban J connectivity index is 1.54. The lowest BCUT2D eigenvalue weighted by Gasteiger charge is -2.22. The number of nitrogens with zero attached hydrogens (tertiary/aromatic N) is 1. The fourth-order valence-corrected chi connectivity index (χ4v) is 3.83. The number of imide groups is 1. The second kappa shape index (κ2) is 9.65. The lowest BCUT2D eigenvalue weighted by Crippen LogP contribution is -2.43. The number of urea groups is 1. The molecule has 0 spiro atoms. The first-order valence-corrected chi connectivity index (χ1v) is 11.3. The van der Waals surface area contributed by atoms with Gasteiger partial charge in [0, 0.05) is 0 Å². The minimum absolute atomic E-state index is 0.202. The van der Waals surface area contributed by atoms with Crippen molar-refractivity contribution in [3.8, 4) is 5.75 Å². The molecular weight excluding hydrogens is 420 g/mol. The average molecular weight is 453 g/mol. The number of nitrogens with one attached hydrogen (secondary N) is 1. The normalized spacial score (nSPS) is 18.4. The number of carbonyl (C=O) groups is 3. The Kier molecular flexibility index (Phi) is 7.10. The van der Waals surface area contributed by atoms with Gasteiger partial charge in [0.25, 0.3) is 5.91 Å². The van der Waals surface area contributed by atoms with Crippen LogP contribution in [0.15, 0.2) is 48.5 Å². The van der Waals surface area contributed by atoms with Gasteiger partial charge < -0.3 is 15.2 Å². The van der Waals surface area contributed by atoms with Crippen molar-refractivity contribution < 1.29 is 24.2 Å². The Morgan fingerprint density at radius 3 is 2.18 bits per heavy atom. The first-order chi connectivity index (χ1) is 15.5. The van der Waals surface area contributed by atoms with Crippen LogP contribution in [0.1, 0.15) is 57.2 Å². The molecule has 0 saturated carbocycles. The number of rotatable bonds is 10. The van der Waals surface area contributed by atoms with E-state index in [1.165, 1.54) is 24.3 Å². The highest BCUT2D eigenvalue weighted by Gasteiger charge is 2.47. The second-order valence-electron chi connectivity index (χ2n) is 9.24. The molecule has 3 rings (SSSR count). The van der Waals surface area contributed by atoms with Crippen molar-refractivity contribution in [2.24, 2.45) is 0 Å². The van der Waals surface area contributed by atoms with E-state index in [2.05, 4.69) is 12.2 Å². The molecule has 0 bridgehead atoms. The van der Waals surface area contributed by atoms with E-state index in [0.29, 0.717) is 18.6 Å². The number of benzene rings is 2. The monoisotopic (exact) mass is 452 g/mol. The molecule has 1 fully saturated rings. The number of carboxylic acids is 1. The molecule has 1 unspecified atom stereocenters. The first-order valence-electron chi connectivity index (χ1n) is 11.3. The summed E-state index contributed by atoms with van der Waals surface area (Å²) in [4.78, 5) is 38.0. The van der Waals surface area contributed by atoms with Crippen LogP contribution in [0, 0.1) is 0 Å². The lowest BCUT2D eigenvalue weighted by molar-refractivity contribution is -0.152. The van der Waals surface area contributed by atoms with E-state index in [9.17, 15) is 19.5 Å². The number of carbonyl (C=O) groups excluding carboxylic acids is 2. The van der Waals surface area contributed by atoms with Crippen LogP contribution in [-0.2, 0) is 29.0 Å². The van der Waals surface area contributed by atoms with Crippen LogP contribution in [-0.4, -0.2) is 39.1 Å². The van der Waals surface area contributed by atoms with Crippen molar-refractivity contribution in [3.05, 3.63) is 65.2 Å². The van der Waals surface area contributed by atoms with Crippen LogP contribution in [0.4, 0.5) is 4.79 Å². The van der Waals surface area contributed by atoms with Crippen molar-refractivity contribution in [3.63, 3.8) is 0 Å². The van der Waals surface area contributed by atoms with Crippen molar-refractivity contribution in [2.45, 2.75) is 71.1 Å². The van der Waals surface area contributed by atoms with E-state index in [0.717, 1.165) is 24.0 Å². The van der Waals surface area contributed by atoms with Crippen molar-refractivity contribution in [1.29, 1.82) is 0 Å². The first kappa shape index (κ1) is 24.3. The third kappa shape index (κ3) is 5.72. The molecule has 3 amide bonds. The zero-order chi connectivity index (χ0) is 24.2. The molecule has 2 aromatic rings. The van der Waals surface area contributed by atoms with Gasteiger partial charge in [0.1, 0.15) is 11.3 Å². The number of amides is 3. The topological polar surface area (TPSA) is 95.9 Å². The molecule has 2 N–H and O–H groups in total. The highest BCUT2D eigenvalue weighted by molar-refractivity contribution is 6.06. The fourth-order valence-electron chi connectivity index (χ4n) is 3.83. The summed E-state index contributed by atoms with van der Waals surface area (Å²) in [5, 5.41) is 12.0. The van der Waals surface area contributed by atoms with Crippen LogP contribution < -0.4 is 10.1 Å². The number of hydrogen-bond acceptors (Lipinski definition) is 4. The maximum absolute atomic E-state index is 13.0. The molecule has 2 aromatic carbocycles. The Bertz CT molecular complexity index is 1010. The van der Waals surface area contributed by atoms with Crippen molar-refractivity contribution in [2.75, 3.05) is 0 Å². The minimum Gasteiger partial charge on any atom is -0.478 e. The minimum atomic E-state index is -1.30. The predicted octanol–water partition coefficient (Wildman–Crippen LogP) is 4.32. The Hall–Kier alpha value is -3.35. The summed E-state index contributed by atoms with van der Waals surface area (Å²) in [6.07, 6.45) is 2.90. The standard InChI is InChI=1S/C26H32N2O5/c1-5-18-8-10-20(11-9-18)17-28-22(29)26(4,27-24(28)32)16-6-7-19-12-14-21(15-13-19)33-25(2,3)23(30)31/h8-15H,5-7,16-17H2,1-4H3,(H,27,32)(H,30,31). The number of hydrogen-bond donors (Lipinski definition) is 2. The molecular formula is C26H32N2O5. The highest BCUT2D eigenvalue weighted by atomic mass is 16.5. The molecule has 0 aromatic heterocycles. The number of aryl methyl sites for hydroxylation is 2.